The summed E-state index contributed by atoms with van der Waals surface area (Å²) >= 11 is 0. The number of nitrogens with two attached hydrogens (primary N) is 1. The Hall–Kier alpha value is -0.760. The lowest BCUT2D eigenvalue weighted by molar-refractivity contribution is 0.283. The van der Waals surface area contributed by atoms with Crippen molar-refractivity contribution < 1.29 is 4.74 Å². The summed E-state index contributed by atoms with van der Waals surface area (Å²) < 4.78 is 4.94. The van der Waals surface area contributed by atoms with Crippen LogP contribution in [0, 0.1) is 0 Å². The van der Waals surface area contributed by atoms with Crippen molar-refractivity contribution in [3.05, 3.63) is 24.0 Å². The lowest BCUT2D eigenvalue weighted by Gasteiger charge is -2.10. The van der Waals surface area contributed by atoms with Gasteiger partial charge in [0, 0.05) is 6.04 Å². The van der Waals surface area contributed by atoms with Gasteiger partial charge in [-0.05, 0) is 24.6 Å². The minimum Gasteiger partial charge on any atom is -0.497 e. The number of hydrogen-bond acceptors (Lipinski definition) is 2. The van der Waals surface area contributed by atoms with Crippen molar-refractivity contribution in [1.82, 2.24) is 0 Å². The van der Waals surface area contributed by atoms with Crippen LogP contribution in [0.2, 0.25) is 0 Å². The SMILES string of the molecule is CC(N)C1=CCOC=C1. The molecular weight excluding hydrogens is 114 g/mol. The molecule has 1 unspecified atom stereocenters. The minimum absolute atomic E-state index is 0.130. The Morgan fingerprint density at radius 3 is 2.89 bits per heavy atom. The monoisotopic (exact) mass is 125 g/mol. The van der Waals surface area contributed by atoms with Crippen LogP contribution in [0.25, 0.3) is 0 Å². The number of ether oxygens (including phenoxy) is 1. The zero-order chi connectivity index (χ0) is 6.69. The standard InChI is InChI=1S/C7H11NO/c1-6(8)7-2-4-9-5-3-7/h2-4,6H,5,8H2,1H3. The maximum Gasteiger partial charge on any atom is 0.106 e. The van der Waals surface area contributed by atoms with Crippen LogP contribution in [0.5, 0.6) is 0 Å². The Kier molecular flexibility index (Phi) is 1.90. The van der Waals surface area contributed by atoms with Gasteiger partial charge in [0.15, 0.2) is 0 Å². The minimum atomic E-state index is 0.130. The molecule has 1 rings (SSSR count). The zero-order valence-corrected chi connectivity index (χ0v) is 5.50. The summed E-state index contributed by atoms with van der Waals surface area (Å²) in [6.45, 7) is 2.62. The first-order valence-electron chi connectivity index (χ1n) is 3.04. The van der Waals surface area contributed by atoms with Crippen molar-refractivity contribution in [3.63, 3.8) is 0 Å². The first kappa shape index (κ1) is 6.36. The first-order valence-corrected chi connectivity index (χ1v) is 3.04. The third-order valence-electron chi connectivity index (χ3n) is 1.30. The molecule has 50 valence electrons. The second kappa shape index (κ2) is 2.69. The van der Waals surface area contributed by atoms with Crippen LogP contribution in [-0.4, -0.2) is 12.6 Å². The third kappa shape index (κ3) is 1.57. The van der Waals surface area contributed by atoms with Gasteiger partial charge in [-0.3, -0.25) is 0 Å². The van der Waals surface area contributed by atoms with Gasteiger partial charge in [-0.25, -0.2) is 0 Å². The molecule has 0 fully saturated rings. The Bertz CT molecular complexity index is 147. The van der Waals surface area contributed by atoms with Gasteiger partial charge in [-0.15, -0.1) is 0 Å². The van der Waals surface area contributed by atoms with Crippen molar-refractivity contribution in [1.29, 1.82) is 0 Å². The average Bonchev–Trinajstić information content (AvgIpc) is 1.90. The number of hydrogen-bond donors (Lipinski definition) is 1. The highest BCUT2D eigenvalue weighted by Crippen LogP contribution is 2.05. The van der Waals surface area contributed by atoms with Gasteiger partial charge in [-0.2, -0.15) is 0 Å². The summed E-state index contributed by atoms with van der Waals surface area (Å²) in [7, 11) is 0. The first-order chi connectivity index (χ1) is 4.30. The topological polar surface area (TPSA) is 35.2 Å². The molecule has 0 amide bonds. The fourth-order valence-electron chi connectivity index (χ4n) is 0.732. The van der Waals surface area contributed by atoms with Gasteiger partial charge >= 0.3 is 0 Å². The second-order valence-corrected chi connectivity index (χ2v) is 2.13. The summed E-state index contributed by atoms with van der Waals surface area (Å²) in [5.74, 6) is 0. The predicted molar refractivity (Wildman–Crippen MR) is 36.8 cm³/mol. The van der Waals surface area contributed by atoms with E-state index in [2.05, 4.69) is 0 Å². The van der Waals surface area contributed by atoms with Gasteiger partial charge in [0.2, 0.25) is 0 Å². The maximum absolute atomic E-state index is 5.59. The van der Waals surface area contributed by atoms with Crippen LogP contribution in [-0.2, 0) is 4.74 Å². The Morgan fingerprint density at radius 1 is 1.78 bits per heavy atom. The maximum atomic E-state index is 5.59. The van der Waals surface area contributed by atoms with Crippen molar-refractivity contribution in [2.24, 2.45) is 5.73 Å². The van der Waals surface area contributed by atoms with Gasteiger partial charge in [-0.1, -0.05) is 0 Å². The molecule has 1 aliphatic heterocycles. The largest absolute Gasteiger partial charge is 0.497 e. The van der Waals surface area contributed by atoms with Crippen molar-refractivity contribution in [2.75, 3.05) is 6.61 Å². The molecule has 0 bridgehead atoms. The predicted octanol–water partition coefficient (Wildman–Crippen LogP) is 0.804. The smallest absolute Gasteiger partial charge is 0.106 e. The van der Waals surface area contributed by atoms with Crippen molar-refractivity contribution >= 4 is 0 Å². The normalized spacial score (nSPS) is 20.4. The Balaban J connectivity index is 2.58. The molecule has 1 atom stereocenters. The van der Waals surface area contributed by atoms with E-state index in [0.29, 0.717) is 6.61 Å². The van der Waals surface area contributed by atoms with E-state index < -0.39 is 0 Å². The lowest BCUT2D eigenvalue weighted by Crippen LogP contribution is -2.18. The van der Waals surface area contributed by atoms with Gasteiger partial charge in [0.25, 0.3) is 0 Å². The Morgan fingerprint density at radius 2 is 2.56 bits per heavy atom. The van der Waals surface area contributed by atoms with E-state index in [9.17, 15) is 0 Å². The van der Waals surface area contributed by atoms with Crippen LogP contribution >= 0.6 is 0 Å². The van der Waals surface area contributed by atoms with Crippen LogP contribution in [0.15, 0.2) is 24.0 Å². The van der Waals surface area contributed by atoms with Crippen LogP contribution in [0.1, 0.15) is 6.92 Å². The van der Waals surface area contributed by atoms with Gasteiger partial charge < -0.3 is 10.5 Å². The van der Waals surface area contributed by atoms with E-state index in [1.165, 1.54) is 0 Å². The van der Waals surface area contributed by atoms with E-state index in [4.69, 9.17) is 10.5 Å². The molecule has 0 radical (unpaired) electrons. The van der Waals surface area contributed by atoms with E-state index in [-0.39, 0.29) is 6.04 Å². The molecule has 0 saturated heterocycles. The molecule has 1 heterocycles. The van der Waals surface area contributed by atoms with E-state index in [1.807, 2.05) is 19.1 Å². The zero-order valence-electron chi connectivity index (χ0n) is 5.50. The molecule has 2 N–H and O–H groups in total. The third-order valence-corrected chi connectivity index (χ3v) is 1.30. The molecule has 2 nitrogen and oxygen atoms in total. The lowest BCUT2D eigenvalue weighted by atomic mass is 10.1. The molecule has 0 aromatic heterocycles. The van der Waals surface area contributed by atoms with Crippen LogP contribution < -0.4 is 5.73 Å². The Labute approximate surface area is 55.0 Å². The van der Waals surface area contributed by atoms with Crippen molar-refractivity contribution in [2.45, 2.75) is 13.0 Å². The summed E-state index contributed by atoms with van der Waals surface area (Å²) in [6.07, 6.45) is 5.57. The molecular formula is C7H11NO. The molecule has 0 aromatic rings. The van der Waals surface area contributed by atoms with E-state index in [1.54, 1.807) is 6.26 Å². The van der Waals surface area contributed by atoms with Crippen LogP contribution in [0.4, 0.5) is 0 Å². The molecule has 1 aliphatic rings. The summed E-state index contributed by atoms with van der Waals surface area (Å²) in [4.78, 5) is 0. The molecule has 2 heteroatoms. The van der Waals surface area contributed by atoms with Gasteiger partial charge in [0.1, 0.15) is 6.61 Å². The van der Waals surface area contributed by atoms with E-state index in [0.717, 1.165) is 5.57 Å². The second-order valence-electron chi connectivity index (χ2n) is 2.13. The summed E-state index contributed by atoms with van der Waals surface area (Å²) in [6, 6.07) is 0.130. The van der Waals surface area contributed by atoms with Crippen LogP contribution in [0.3, 0.4) is 0 Å². The van der Waals surface area contributed by atoms with Gasteiger partial charge in [0.05, 0.1) is 6.26 Å². The number of rotatable bonds is 1. The highest BCUT2D eigenvalue weighted by atomic mass is 16.5. The fraction of sp³-hybridized carbons (Fsp3) is 0.429. The molecule has 0 aromatic carbocycles. The highest BCUT2D eigenvalue weighted by Gasteiger charge is 2.00. The molecule has 0 aliphatic carbocycles. The molecule has 0 spiro atoms. The highest BCUT2D eigenvalue weighted by molar-refractivity contribution is 5.24. The summed E-state index contributed by atoms with van der Waals surface area (Å²) in [5.41, 5.74) is 6.75. The van der Waals surface area contributed by atoms with E-state index >= 15 is 0 Å². The fourth-order valence-corrected chi connectivity index (χ4v) is 0.732. The quantitative estimate of drug-likeness (QED) is 0.562. The van der Waals surface area contributed by atoms with Crippen molar-refractivity contribution in [3.8, 4) is 0 Å². The summed E-state index contributed by atoms with van der Waals surface area (Å²) in [5, 5.41) is 0. The molecule has 9 heavy (non-hydrogen) atoms. The molecule has 0 saturated carbocycles. The average molecular weight is 125 g/mol.